The molecule has 1 fully saturated rings. The van der Waals surface area contributed by atoms with Crippen LogP contribution in [0.3, 0.4) is 0 Å². The van der Waals surface area contributed by atoms with Crippen molar-refractivity contribution in [2.24, 2.45) is 0 Å². The molecular weight excluding hydrogens is 534 g/mol. The van der Waals surface area contributed by atoms with Gasteiger partial charge in [0.05, 0.1) is 13.9 Å². The minimum Gasteiger partial charge on any atom is -0.487 e. The minimum absolute atomic E-state index is 0.0801. The Morgan fingerprint density at radius 1 is 1.10 bits per heavy atom. The first-order valence-electron chi connectivity index (χ1n) is 8.74. The second-order valence-electron chi connectivity index (χ2n) is 6.48. The summed E-state index contributed by atoms with van der Waals surface area (Å²) in [7, 11) is 1.69. The second-order valence-corrected chi connectivity index (χ2v) is 9.87. The fourth-order valence-corrected chi connectivity index (χ4v) is 5.70. The van der Waals surface area contributed by atoms with Crippen LogP contribution in [-0.2, 0) is 11.4 Å². The summed E-state index contributed by atoms with van der Waals surface area (Å²) in [5.74, 6) is 0.640. The number of rotatable bonds is 4. The van der Waals surface area contributed by atoms with Gasteiger partial charge < -0.3 is 4.74 Å². The Kier molecular flexibility index (Phi) is 6.11. The summed E-state index contributed by atoms with van der Waals surface area (Å²) >= 11 is 13.7. The fraction of sp³-hybridized carbons (Fsp3) is 0.0909. The monoisotopic (exact) mass is 547 g/mol. The Balaban J connectivity index is 1.58. The van der Waals surface area contributed by atoms with Gasteiger partial charge in [-0.15, -0.1) is 0 Å². The number of nitrogens with zero attached hydrogens (tertiary/aromatic N) is 1. The molecule has 0 atom stereocenters. The van der Waals surface area contributed by atoms with Crippen LogP contribution in [0, 0.1) is 0 Å². The van der Waals surface area contributed by atoms with Gasteiger partial charge in [0.25, 0.3) is 5.91 Å². The Hall–Kier alpha value is -1.67. The third-order valence-electron chi connectivity index (χ3n) is 4.56. The number of fused-ring (bicyclic) bond motifs is 1. The zero-order valence-corrected chi connectivity index (χ0v) is 20.1. The van der Waals surface area contributed by atoms with Crippen LogP contribution in [-0.4, -0.2) is 22.2 Å². The predicted octanol–water partition coefficient (Wildman–Crippen LogP) is 6.77. The number of halogens is 2. The van der Waals surface area contributed by atoms with Gasteiger partial charge in [-0.3, -0.25) is 9.69 Å². The van der Waals surface area contributed by atoms with Crippen LogP contribution >= 0.6 is 55.8 Å². The molecule has 3 nitrogen and oxygen atoms in total. The molecule has 1 aliphatic heterocycles. The molecule has 0 aliphatic carbocycles. The molecule has 7 heteroatoms. The van der Waals surface area contributed by atoms with E-state index in [0.29, 0.717) is 15.8 Å². The Labute approximate surface area is 195 Å². The predicted molar refractivity (Wildman–Crippen MR) is 131 cm³/mol. The molecule has 146 valence electrons. The van der Waals surface area contributed by atoms with Crippen molar-refractivity contribution < 1.29 is 9.53 Å². The lowest BCUT2D eigenvalue weighted by Crippen LogP contribution is -2.22. The van der Waals surface area contributed by atoms with E-state index in [0.717, 1.165) is 25.8 Å². The van der Waals surface area contributed by atoms with Gasteiger partial charge in [-0.1, -0.05) is 66.4 Å². The second kappa shape index (κ2) is 8.60. The molecular formula is C22H15Br2NO2S2. The van der Waals surface area contributed by atoms with Gasteiger partial charge in [0.1, 0.15) is 16.7 Å². The molecule has 0 saturated carbocycles. The third-order valence-corrected chi connectivity index (χ3v) is 7.22. The average molecular weight is 549 g/mol. The maximum atomic E-state index is 12.2. The van der Waals surface area contributed by atoms with E-state index in [2.05, 4.69) is 56.1 Å². The highest BCUT2D eigenvalue weighted by molar-refractivity contribution is 9.11. The highest BCUT2D eigenvalue weighted by Gasteiger charge is 2.28. The third kappa shape index (κ3) is 4.28. The highest BCUT2D eigenvalue weighted by Crippen LogP contribution is 2.38. The summed E-state index contributed by atoms with van der Waals surface area (Å²) in [6, 6.07) is 18.3. The Morgan fingerprint density at radius 3 is 2.48 bits per heavy atom. The van der Waals surface area contributed by atoms with Gasteiger partial charge in [-0.2, -0.15) is 0 Å². The first kappa shape index (κ1) is 20.6. The molecule has 0 N–H and O–H groups in total. The summed E-state index contributed by atoms with van der Waals surface area (Å²) in [6.45, 7) is 0.451. The van der Waals surface area contributed by atoms with Crippen molar-refractivity contribution in [3.8, 4) is 5.75 Å². The lowest BCUT2D eigenvalue weighted by atomic mass is 10.1. The van der Waals surface area contributed by atoms with Crippen molar-refractivity contribution in [2.45, 2.75) is 6.61 Å². The van der Waals surface area contributed by atoms with Gasteiger partial charge in [0.15, 0.2) is 0 Å². The summed E-state index contributed by atoms with van der Waals surface area (Å²) < 4.78 is 8.31. The summed E-state index contributed by atoms with van der Waals surface area (Å²) in [5.41, 5.74) is 2.01. The highest BCUT2D eigenvalue weighted by atomic mass is 79.9. The van der Waals surface area contributed by atoms with E-state index in [-0.39, 0.29) is 5.91 Å². The number of hydrogen-bond acceptors (Lipinski definition) is 4. The quantitative estimate of drug-likeness (QED) is 0.265. The Morgan fingerprint density at radius 2 is 1.79 bits per heavy atom. The van der Waals surface area contributed by atoms with Crippen molar-refractivity contribution in [3.63, 3.8) is 0 Å². The lowest BCUT2D eigenvalue weighted by molar-refractivity contribution is -0.121. The molecule has 1 amide bonds. The van der Waals surface area contributed by atoms with Gasteiger partial charge in [-0.25, -0.2) is 0 Å². The number of ether oxygens (including phenoxy) is 1. The van der Waals surface area contributed by atoms with Crippen LogP contribution < -0.4 is 4.74 Å². The first-order valence-corrected chi connectivity index (χ1v) is 11.5. The lowest BCUT2D eigenvalue weighted by Gasteiger charge is -2.13. The maximum Gasteiger partial charge on any atom is 0.265 e. The van der Waals surface area contributed by atoms with Crippen molar-refractivity contribution >= 4 is 82.9 Å². The van der Waals surface area contributed by atoms with Gasteiger partial charge in [0, 0.05) is 7.05 Å². The zero-order valence-electron chi connectivity index (χ0n) is 15.3. The SMILES string of the molecule is CN1C(=O)/C(=C\c2cc(Br)c(OCc3cccc4ccccc34)c(Br)c2)SC1=S. The largest absolute Gasteiger partial charge is 0.487 e. The van der Waals surface area contributed by atoms with Crippen molar-refractivity contribution in [1.82, 2.24) is 4.90 Å². The molecule has 1 heterocycles. The van der Waals surface area contributed by atoms with Crippen LogP contribution in [0.25, 0.3) is 16.8 Å². The number of thiocarbonyl (C=S) groups is 1. The van der Waals surface area contributed by atoms with E-state index < -0.39 is 0 Å². The number of benzene rings is 3. The fourth-order valence-electron chi connectivity index (χ4n) is 3.07. The number of thioether (sulfide) groups is 1. The molecule has 29 heavy (non-hydrogen) atoms. The number of amides is 1. The van der Waals surface area contributed by atoms with Gasteiger partial charge >= 0.3 is 0 Å². The minimum atomic E-state index is -0.0801. The van der Waals surface area contributed by atoms with Gasteiger partial charge in [0.2, 0.25) is 0 Å². The summed E-state index contributed by atoms with van der Waals surface area (Å²) in [6.07, 6.45) is 1.84. The molecule has 0 radical (unpaired) electrons. The molecule has 0 bridgehead atoms. The number of carbonyl (C=O) groups is 1. The van der Waals surface area contributed by atoms with Crippen LogP contribution in [0.1, 0.15) is 11.1 Å². The van der Waals surface area contributed by atoms with E-state index in [1.165, 1.54) is 27.4 Å². The molecule has 3 aromatic carbocycles. The zero-order chi connectivity index (χ0) is 20.5. The normalized spacial score (nSPS) is 15.6. The molecule has 0 aromatic heterocycles. The standard InChI is InChI=1S/C22H15Br2NO2S2/c1-25-21(26)19(29-22(25)28)11-13-9-17(23)20(18(24)10-13)27-12-15-7-4-6-14-5-2-3-8-16(14)15/h2-11H,12H2,1H3/b19-11+. The summed E-state index contributed by atoms with van der Waals surface area (Å²) in [5, 5.41) is 2.37. The van der Waals surface area contributed by atoms with E-state index in [9.17, 15) is 4.79 Å². The van der Waals surface area contributed by atoms with E-state index >= 15 is 0 Å². The maximum absolute atomic E-state index is 12.2. The molecule has 4 rings (SSSR count). The van der Waals surface area contributed by atoms with Gasteiger partial charge in [-0.05, 0) is 72.0 Å². The number of likely N-dealkylation sites (N-methyl/N-ethyl adjacent to an activating group) is 1. The van der Waals surface area contributed by atoms with Crippen LogP contribution in [0.4, 0.5) is 0 Å². The molecule has 1 saturated heterocycles. The number of carbonyl (C=O) groups excluding carboxylic acids is 1. The molecule has 3 aromatic rings. The molecule has 0 unspecified atom stereocenters. The van der Waals surface area contributed by atoms with Crippen LogP contribution in [0.15, 0.2) is 68.4 Å². The molecule has 1 aliphatic rings. The van der Waals surface area contributed by atoms with Crippen molar-refractivity contribution in [2.75, 3.05) is 7.05 Å². The van der Waals surface area contributed by atoms with Crippen molar-refractivity contribution in [1.29, 1.82) is 0 Å². The topological polar surface area (TPSA) is 29.5 Å². The molecule has 0 spiro atoms. The summed E-state index contributed by atoms with van der Waals surface area (Å²) in [4.78, 5) is 14.3. The van der Waals surface area contributed by atoms with Crippen LogP contribution in [0.2, 0.25) is 0 Å². The van der Waals surface area contributed by atoms with E-state index in [4.69, 9.17) is 17.0 Å². The Bertz CT molecular complexity index is 1150. The van der Waals surface area contributed by atoms with E-state index in [1.807, 2.05) is 36.4 Å². The average Bonchev–Trinajstić information content (AvgIpc) is 2.94. The van der Waals surface area contributed by atoms with Crippen molar-refractivity contribution in [3.05, 3.63) is 79.6 Å². The van der Waals surface area contributed by atoms with E-state index in [1.54, 1.807) is 7.05 Å². The first-order chi connectivity index (χ1) is 13.9. The number of hydrogen-bond donors (Lipinski definition) is 0. The smallest absolute Gasteiger partial charge is 0.265 e. The van der Waals surface area contributed by atoms with Crippen LogP contribution in [0.5, 0.6) is 5.75 Å².